The molecule has 0 spiro atoms. The predicted molar refractivity (Wildman–Crippen MR) is 99.9 cm³/mol. The fourth-order valence-corrected chi connectivity index (χ4v) is 3.24. The van der Waals surface area contributed by atoms with E-state index in [0.717, 1.165) is 44.9 Å². The Morgan fingerprint density at radius 2 is 2.04 bits per heavy atom. The van der Waals surface area contributed by atoms with Gasteiger partial charge in [0.15, 0.2) is 0 Å². The maximum Gasteiger partial charge on any atom is 0.221 e. The Labute approximate surface area is 150 Å². The second-order valence-electron chi connectivity index (χ2n) is 6.29. The van der Waals surface area contributed by atoms with Crippen molar-refractivity contribution in [2.24, 2.45) is 0 Å². The van der Waals surface area contributed by atoms with Crippen molar-refractivity contribution < 1.29 is 9.32 Å². The lowest BCUT2D eigenvalue weighted by atomic mass is 9.99. The van der Waals surface area contributed by atoms with E-state index in [1.165, 1.54) is 6.92 Å². The zero-order chi connectivity index (χ0) is 18.3. The molecule has 130 valence electrons. The number of aryl methyl sites for hydroxylation is 2. The number of aromatic nitrogens is 3. The molecule has 0 fully saturated rings. The summed E-state index contributed by atoms with van der Waals surface area (Å²) >= 11 is 0. The highest BCUT2D eigenvalue weighted by atomic mass is 16.5. The SMILES string of the molecule is CC(=O)Nc1cccc(-c2cc(-c3c(C)noc3C)c3cncn3c2)c1. The molecule has 3 aromatic heterocycles. The Bertz CT molecular complexity index is 1100. The van der Waals surface area contributed by atoms with Crippen molar-refractivity contribution in [1.82, 2.24) is 14.5 Å². The zero-order valence-corrected chi connectivity index (χ0v) is 14.8. The van der Waals surface area contributed by atoms with Gasteiger partial charge in [-0.1, -0.05) is 17.3 Å². The number of carbonyl (C=O) groups excluding carboxylic acids is 1. The summed E-state index contributed by atoms with van der Waals surface area (Å²) < 4.78 is 7.34. The summed E-state index contributed by atoms with van der Waals surface area (Å²) in [5.41, 5.74) is 6.60. The minimum atomic E-state index is -0.0939. The second kappa shape index (κ2) is 6.15. The van der Waals surface area contributed by atoms with Crippen LogP contribution in [0.4, 0.5) is 5.69 Å². The molecule has 0 saturated carbocycles. The number of pyridine rings is 1. The number of hydrogen-bond acceptors (Lipinski definition) is 4. The molecule has 0 aliphatic heterocycles. The van der Waals surface area contributed by atoms with E-state index in [4.69, 9.17) is 4.52 Å². The first kappa shape index (κ1) is 16.1. The maximum atomic E-state index is 11.3. The summed E-state index contributed by atoms with van der Waals surface area (Å²) in [6.45, 7) is 5.34. The van der Waals surface area contributed by atoms with E-state index < -0.39 is 0 Å². The van der Waals surface area contributed by atoms with E-state index in [1.807, 2.05) is 54.9 Å². The number of carbonyl (C=O) groups is 1. The van der Waals surface area contributed by atoms with Crippen LogP contribution in [0.3, 0.4) is 0 Å². The Balaban J connectivity index is 1.91. The van der Waals surface area contributed by atoms with E-state index in [1.54, 1.807) is 6.33 Å². The lowest BCUT2D eigenvalue weighted by molar-refractivity contribution is -0.114. The molecule has 1 amide bonds. The molecule has 1 N–H and O–H groups in total. The predicted octanol–water partition coefficient (Wildman–Crippen LogP) is 4.23. The van der Waals surface area contributed by atoms with Gasteiger partial charge >= 0.3 is 0 Å². The van der Waals surface area contributed by atoms with Gasteiger partial charge in [0.2, 0.25) is 5.91 Å². The minimum absolute atomic E-state index is 0.0939. The second-order valence-corrected chi connectivity index (χ2v) is 6.29. The van der Waals surface area contributed by atoms with Crippen molar-refractivity contribution >= 4 is 17.1 Å². The topological polar surface area (TPSA) is 72.4 Å². The number of anilines is 1. The Hall–Kier alpha value is -3.41. The number of amides is 1. The molecule has 26 heavy (non-hydrogen) atoms. The third-order valence-corrected chi connectivity index (χ3v) is 4.34. The first-order valence-electron chi connectivity index (χ1n) is 8.30. The minimum Gasteiger partial charge on any atom is -0.361 e. The van der Waals surface area contributed by atoms with Gasteiger partial charge in [-0.3, -0.25) is 4.79 Å². The highest BCUT2D eigenvalue weighted by molar-refractivity contribution is 5.90. The standard InChI is InChI=1S/C20H18N4O2/c1-12-20(13(2)26-23-12)18-8-16(10-24-11-21-9-19(18)24)15-5-4-6-17(7-15)22-14(3)25/h4-11H,1-3H3,(H,22,25). The fourth-order valence-electron chi connectivity index (χ4n) is 3.24. The molecule has 1 aromatic carbocycles. The summed E-state index contributed by atoms with van der Waals surface area (Å²) in [6.07, 6.45) is 5.63. The number of fused-ring (bicyclic) bond motifs is 1. The van der Waals surface area contributed by atoms with Gasteiger partial charge in [-0.05, 0) is 43.2 Å². The van der Waals surface area contributed by atoms with Gasteiger partial charge in [-0.2, -0.15) is 0 Å². The van der Waals surface area contributed by atoms with Crippen LogP contribution in [-0.4, -0.2) is 20.4 Å². The summed E-state index contributed by atoms with van der Waals surface area (Å²) in [4.78, 5) is 15.6. The number of nitrogens with one attached hydrogen (secondary N) is 1. The van der Waals surface area contributed by atoms with E-state index in [2.05, 4.69) is 21.5 Å². The van der Waals surface area contributed by atoms with Crippen LogP contribution in [0, 0.1) is 13.8 Å². The van der Waals surface area contributed by atoms with Crippen LogP contribution < -0.4 is 5.32 Å². The molecule has 4 rings (SSSR count). The van der Waals surface area contributed by atoms with Gasteiger partial charge in [0.1, 0.15) is 5.76 Å². The van der Waals surface area contributed by atoms with Crippen LogP contribution in [0.25, 0.3) is 27.8 Å². The first-order valence-corrected chi connectivity index (χ1v) is 8.30. The van der Waals surface area contributed by atoms with Gasteiger partial charge in [-0.15, -0.1) is 0 Å². The molecule has 0 aliphatic rings. The quantitative estimate of drug-likeness (QED) is 0.602. The molecular weight excluding hydrogens is 328 g/mol. The van der Waals surface area contributed by atoms with Crippen molar-refractivity contribution in [2.45, 2.75) is 20.8 Å². The lowest BCUT2D eigenvalue weighted by Crippen LogP contribution is -2.05. The average molecular weight is 346 g/mol. The number of nitrogens with zero attached hydrogens (tertiary/aromatic N) is 3. The van der Waals surface area contributed by atoms with Crippen molar-refractivity contribution in [2.75, 3.05) is 5.32 Å². The molecule has 0 radical (unpaired) electrons. The van der Waals surface area contributed by atoms with Gasteiger partial charge in [0.05, 0.1) is 23.7 Å². The van der Waals surface area contributed by atoms with Crippen molar-refractivity contribution in [3.05, 3.63) is 60.5 Å². The smallest absolute Gasteiger partial charge is 0.221 e. The average Bonchev–Trinajstić information content (AvgIpc) is 3.20. The summed E-state index contributed by atoms with van der Waals surface area (Å²) in [6, 6.07) is 9.87. The largest absolute Gasteiger partial charge is 0.361 e. The van der Waals surface area contributed by atoms with Gasteiger partial charge in [0, 0.05) is 29.9 Å². The maximum absolute atomic E-state index is 11.3. The number of rotatable bonds is 3. The molecular formula is C20H18N4O2. The third-order valence-electron chi connectivity index (χ3n) is 4.34. The number of imidazole rings is 1. The molecule has 0 unspecified atom stereocenters. The molecule has 0 bridgehead atoms. The van der Waals surface area contributed by atoms with Crippen LogP contribution >= 0.6 is 0 Å². The monoisotopic (exact) mass is 346 g/mol. The van der Waals surface area contributed by atoms with Crippen molar-refractivity contribution in [3.8, 4) is 22.3 Å². The van der Waals surface area contributed by atoms with Gasteiger partial charge in [0.25, 0.3) is 0 Å². The van der Waals surface area contributed by atoms with E-state index in [9.17, 15) is 4.79 Å². The normalized spacial score (nSPS) is 11.0. The summed E-state index contributed by atoms with van der Waals surface area (Å²) in [5.74, 6) is 0.679. The van der Waals surface area contributed by atoms with Crippen LogP contribution in [0.1, 0.15) is 18.4 Å². The summed E-state index contributed by atoms with van der Waals surface area (Å²) in [5, 5.41) is 6.91. The molecule has 0 atom stereocenters. The Kier molecular flexibility index (Phi) is 3.80. The lowest BCUT2D eigenvalue weighted by Gasteiger charge is -2.10. The van der Waals surface area contributed by atoms with Gasteiger partial charge in [-0.25, -0.2) is 4.98 Å². The van der Waals surface area contributed by atoms with Crippen molar-refractivity contribution in [3.63, 3.8) is 0 Å². The van der Waals surface area contributed by atoms with Crippen LogP contribution in [0.15, 0.2) is 53.6 Å². The highest BCUT2D eigenvalue weighted by Gasteiger charge is 2.16. The molecule has 0 aliphatic carbocycles. The Morgan fingerprint density at radius 1 is 1.19 bits per heavy atom. The third kappa shape index (κ3) is 2.75. The van der Waals surface area contributed by atoms with Crippen LogP contribution in [0.2, 0.25) is 0 Å². The molecule has 4 aromatic rings. The number of hydrogen-bond donors (Lipinski definition) is 1. The molecule has 6 heteroatoms. The molecule has 0 saturated heterocycles. The number of benzene rings is 1. The van der Waals surface area contributed by atoms with Gasteiger partial charge < -0.3 is 14.2 Å². The summed E-state index contributed by atoms with van der Waals surface area (Å²) in [7, 11) is 0. The van der Waals surface area contributed by atoms with E-state index in [0.29, 0.717) is 0 Å². The zero-order valence-electron chi connectivity index (χ0n) is 14.8. The van der Waals surface area contributed by atoms with E-state index >= 15 is 0 Å². The molecule has 6 nitrogen and oxygen atoms in total. The van der Waals surface area contributed by atoms with Crippen LogP contribution in [0.5, 0.6) is 0 Å². The highest BCUT2D eigenvalue weighted by Crippen LogP contribution is 2.34. The van der Waals surface area contributed by atoms with Crippen molar-refractivity contribution in [1.29, 1.82) is 0 Å². The first-order chi connectivity index (χ1) is 12.5. The Morgan fingerprint density at radius 3 is 2.77 bits per heavy atom. The van der Waals surface area contributed by atoms with Crippen LogP contribution in [-0.2, 0) is 4.79 Å². The fraction of sp³-hybridized carbons (Fsp3) is 0.150. The van der Waals surface area contributed by atoms with E-state index in [-0.39, 0.29) is 5.91 Å². The molecule has 3 heterocycles.